The summed E-state index contributed by atoms with van der Waals surface area (Å²) in [6, 6.07) is 37.1. The smallest absolute Gasteiger partial charge is 0.0830 e. The van der Waals surface area contributed by atoms with E-state index in [1.165, 1.54) is 71.0 Å². The minimum atomic E-state index is -0.868. The normalized spacial score (nSPS) is 17.1. The van der Waals surface area contributed by atoms with Crippen molar-refractivity contribution in [1.29, 1.82) is 0 Å². The lowest BCUT2D eigenvalue weighted by Crippen LogP contribution is -2.32. The van der Waals surface area contributed by atoms with Crippen molar-refractivity contribution in [3.63, 3.8) is 0 Å². The summed E-state index contributed by atoms with van der Waals surface area (Å²) in [4.78, 5) is 0. The third kappa shape index (κ3) is 7.50. The Hall–Kier alpha value is -3.08. The molecule has 1 N–H and O–H groups in total. The number of aryl methyl sites for hydroxylation is 8. The molecule has 5 aromatic carbocycles. The second-order valence-corrected chi connectivity index (χ2v) is 18.9. The zero-order chi connectivity index (χ0) is 33.4. The lowest BCUT2D eigenvalue weighted by molar-refractivity contribution is 0.114. The van der Waals surface area contributed by atoms with E-state index in [4.69, 9.17) is 0 Å². The topological polar surface area (TPSA) is 20.2 Å². The molecule has 0 amide bonds. The molecule has 1 nitrogen and oxygen atoms in total. The van der Waals surface area contributed by atoms with E-state index < -0.39 is 21.9 Å². The quantitative estimate of drug-likeness (QED) is 0.165. The molecule has 2 unspecified atom stereocenters. The first-order chi connectivity index (χ1) is 22.5. The minimum absolute atomic E-state index is 0.194. The Labute approximate surface area is 286 Å². The maximum absolute atomic E-state index is 12.7. The number of aliphatic hydroxyl groups excluding tert-OH is 1. The number of benzene rings is 5. The molecule has 1 fully saturated rings. The van der Waals surface area contributed by atoms with Gasteiger partial charge in [0.2, 0.25) is 0 Å². The molecule has 3 atom stereocenters. The van der Waals surface area contributed by atoms with Crippen molar-refractivity contribution < 1.29 is 5.11 Å². The third-order valence-corrected chi connectivity index (χ3v) is 15.0. The van der Waals surface area contributed by atoms with Crippen molar-refractivity contribution in [2.24, 2.45) is 5.92 Å². The second-order valence-electron chi connectivity index (χ2n) is 14.3. The Morgan fingerprint density at radius 3 is 1.32 bits per heavy atom. The van der Waals surface area contributed by atoms with Gasteiger partial charge in [-0.25, -0.2) is 0 Å². The molecule has 0 radical (unpaired) electrons. The molecule has 1 aliphatic carbocycles. The fourth-order valence-corrected chi connectivity index (χ4v) is 14.6. The number of hydrogen-bond donors (Lipinski definition) is 1. The van der Waals surface area contributed by atoms with Crippen LogP contribution in [0.5, 0.6) is 0 Å². The molecule has 0 heterocycles. The molecule has 0 aromatic heterocycles. The molecule has 47 heavy (non-hydrogen) atoms. The van der Waals surface area contributed by atoms with E-state index in [1.54, 1.807) is 0 Å². The SMILES string of the molecule is Cc1cc(C)cc(P(c2cc(C)cc(C)c2)c2ccccc2[C@H](O)C2CCCC2P(c2cc(C)cc(C)c2)c2cc(C)cc(C)c2)c1. The van der Waals surface area contributed by atoms with Gasteiger partial charge in [-0.3, -0.25) is 0 Å². The zero-order valence-corrected chi connectivity index (χ0v) is 31.2. The van der Waals surface area contributed by atoms with Crippen molar-refractivity contribution in [2.45, 2.75) is 86.4 Å². The second kappa shape index (κ2) is 14.2. The predicted molar refractivity (Wildman–Crippen MR) is 208 cm³/mol. The van der Waals surface area contributed by atoms with E-state index in [9.17, 15) is 5.11 Å². The van der Waals surface area contributed by atoms with Gasteiger partial charge >= 0.3 is 0 Å². The average molecular weight is 657 g/mol. The van der Waals surface area contributed by atoms with E-state index in [-0.39, 0.29) is 5.92 Å². The van der Waals surface area contributed by atoms with Gasteiger partial charge in [-0.2, -0.15) is 0 Å². The molecule has 0 saturated heterocycles. The van der Waals surface area contributed by atoms with Crippen molar-refractivity contribution in [1.82, 2.24) is 0 Å². The van der Waals surface area contributed by atoms with Gasteiger partial charge in [0.05, 0.1) is 6.10 Å². The lowest BCUT2D eigenvalue weighted by atomic mass is 9.94. The van der Waals surface area contributed by atoms with Gasteiger partial charge in [0.25, 0.3) is 0 Å². The highest BCUT2D eigenvalue weighted by Gasteiger charge is 2.41. The summed E-state index contributed by atoms with van der Waals surface area (Å²) < 4.78 is 0. The molecule has 242 valence electrons. The van der Waals surface area contributed by atoms with Crippen molar-refractivity contribution in [2.75, 3.05) is 0 Å². The minimum Gasteiger partial charge on any atom is -0.388 e. The maximum Gasteiger partial charge on any atom is 0.0830 e. The Kier molecular flexibility index (Phi) is 10.2. The number of rotatable bonds is 8. The van der Waals surface area contributed by atoms with Crippen LogP contribution in [-0.4, -0.2) is 10.8 Å². The maximum atomic E-state index is 12.7. The Bertz CT molecular complexity index is 1720. The van der Waals surface area contributed by atoms with Crippen LogP contribution in [0.4, 0.5) is 0 Å². The van der Waals surface area contributed by atoms with E-state index >= 15 is 0 Å². The molecule has 5 aromatic rings. The summed E-state index contributed by atoms with van der Waals surface area (Å²) in [5.41, 5.74) is 12.0. The fourth-order valence-electron chi connectivity index (χ4n) is 8.13. The first kappa shape index (κ1) is 33.8. The summed E-state index contributed by atoms with van der Waals surface area (Å²) in [5, 5.41) is 19.6. The van der Waals surface area contributed by atoms with Crippen LogP contribution >= 0.6 is 15.8 Å². The van der Waals surface area contributed by atoms with Gasteiger partial charge in [0, 0.05) is 0 Å². The lowest BCUT2D eigenvalue weighted by Gasteiger charge is -2.35. The van der Waals surface area contributed by atoms with Gasteiger partial charge in [-0.15, -0.1) is 0 Å². The van der Waals surface area contributed by atoms with Crippen molar-refractivity contribution in [3.8, 4) is 0 Å². The summed E-state index contributed by atoms with van der Waals surface area (Å²) in [6.07, 6.45) is 2.84. The van der Waals surface area contributed by atoms with E-state index in [1.807, 2.05) is 0 Å². The average Bonchev–Trinajstić information content (AvgIpc) is 3.45. The number of hydrogen-bond acceptors (Lipinski definition) is 1. The molecule has 1 saturated carbocycles. The Balaban J connectivity index is 1.48. The molecule has 0 aliphatic heterocycles. The van der Waals surface area contributed by atoms with Crippen molar-refractivity contribution in [3.05, 3.63) is 147 Å². The van der Waals surface area contributed by atoms with Crippen LogP contribution in [0.1, 0.15) is 75.4 Å². The molecule has 0 spiro atoms. The standard InChI is InChI=1S/C44H50OP2/c1-28-16-29(2)21-36(20-28)46(37-22-30(3)17-31(4)23-37)42-14-10-9-12-40(42)44(45)41-13-11-15-43(41)47(38-24-32(5)18-33(6)25-38)39-26-34(7)19-35(8)27-39/h9-10,12,14,16-27,41,43-45H,11,13,15H2,1-8H3/t41?,43?,44-/m0/s1. The van der Waals surface area contributed by atoms with Crippen LogP contribution < -0.4 is 26.5 Å². The Morgan fingerprint density at radius 1 is 0.511 bits per heavy atom. The van der Waals surface area contributed by atoms with Crippen LogP contribution in [0, 0.1) is 61.3 Å². The highest BCUT2D eigenvalue weighted by molar-refractivity contribution is 7.80. The van der Waals surface area contributed by atoms with Crippen LogP contribution in [0.2, 0.25) is 0 Å². The summed E-state index contributed by atoms with van der Waals surface area (Å²) in [5.74, 6) is 0.194. The highest BCUT2D eigenvalue weighted by Crippen LogP contribution is 2.54. The van der Waals surface area contributed by atoms with Crippen LogP contribution in [-0.2, 0) is 0 Å². The molecule has 0 bridgehead atoms. The first-order valence-corrected chi connectivity index (χ1v) is 19.9. The highest BCUT2D eigenvalue weighted by atomic mass is 31.1. The van der Waals surface area contributed by atoms with E-state index in [0.717, 1.165) is 24.8 Å². The van der Waals surface area contributed by atoms with E-state index in [2.05, 4.69) is 152 Å². The van der Waals surface area contributed by atoms with Gasteiger partial charge < -0.3 is 5.11 Å². The number of aliphatic hydroxyl groups is 1. The van der Waals surface area contributed by atoms with Crippen LogP contribution in [0.25, 0.3) is 0 Å². The summed E-state index contributed by atoms with van der Waals surface area (Å²) in [7, 11) is -1.53. The fraction of sp³-hybridized carbons (Fsp3) is 0.318. The summed E-state index contributed by atoms with van der Waals surface area (Å²) in [6.45, 7) is 17.7. The predicted octanol–water partition coefficient (Wildman–Crippen LogP) is 9.25. The van der Waals surface area contributed by atoms with Crippen molar-refractivity contribution >= 4 is 42.4 Å². The first-order valence-electron chi connectivity index (χ1n) is 17.2. The van der Waals surface area contributed by atoms with Crippen LogP contribution in [0.15, 0.2) is 97.1 Å². The third-order valence-electron chi connectivity index (χ3n) is 9.66. The molecule has 1 aliphatic rings. The van der Waals surface area contributed by atoms with Crippen LogP contribution in [0.3, 0.4) is 0 Å². The van der Waals surface area contributed by atoms with Gasteiger partial charge in [0.1, 0.15) is 0 Å². The largest absolute Gasteiger partial charge is 0.388 e. The van der Waals surface area contributed by atoms with E-state index in [0.29, 0.717) is 5.66 Å². The molecule has 6 rings (SSSR count). The molecular weight excluding hydrogens is 606 g/mol. The van der Waals surface area contributed by atoms with Gasteiger partial charge in [-0.1, -0.05) is 148 Å². The molecule has 3 heteroatoms. The van der Waals surface area contributed by atoms with Gasteiger partial charge in [0.15, 0.2) is 0 Å². The summed E-state index contributed by atoms with van der Waals surface area (Å²) >= 11 is 0. The van der Waals surface area contributed by atoms with Gasteiger partial charge in [-0.05, 0) is 128 Å². The Morgan fingerprint density at radius 2 is 0.894 bits per heavy atom. The molecular formula is C44H50OP2. The zero-order valence-electron chi connectivity index (χ0n) is 29.4. The monoisotopic (exact) mass is 656 g/mol.